The van der Waals surface area contributed by atoms with E-state index in [1.165, 1.54) is 12.1 Å². The SMILES string of the molecule is Cn1ccnc1CNC(=O)c1ccc(-c2ccc(F)cc2)n1C. The number of aromatic nitrogens is 3. The lowest BCUT2D eigenvalue weighted by Gasteiger charge is -2.09. The predicted molar refractivity (Wildman–Crippen MR) is 85.2 cm³/mol. The molecule has 0 aliphatic heterocycles. The Morgan fingerprint density at radius 1 is 1.17 bits per heavy atom. The van der Waals surface area contributed by atoms with Crippen LogP contribution in [-0.4, -0.2) is 20.0 Å². The smallest absolute Gasteiger partial charge is 0.268 e. The zero-order valence-electron chi connectivity index (χ0n) is 13.0. The van der Waals surface area contributed by atoms with Crippen LogP contribution < -0.4 is 5.32 Å². The molecule has 1 aromatic carbocycles. The fraction of sp³-hybridized carbons (Fsp3) is 0.176. The fourth-order valence-corrected chi connectivity index (χ4v) is 2.47. The van der Waals surface area contributed by atoms with Crippen molar-refractivity contribution in [2.75, 3.05) is 0 Å². The lowest BCUT2D eigenvalue weighted by atomic mass is 10.1. The summed E-state index contributed by atoms with van der Waals surface area (Å²) in [6.07, 6.45) is 3.52. The molecule has 118 valence electrons. The molecule has 0 saturated carbocycles. The molecule has 0 spiro atoms. The van der Waals surface area contributed by atoms with Gasteiger partial charge in [0.25, 0.3) is 5.91 Å². The van der Waals surface area contributed by atoms with Crippen LogP contribution in [0.15, 0.2) is 48.8 Å². The molecule has 0 aliphatic carbocycles. The Bertz CT molecular complexity index is 833. The third-order valence-electron chi connectivity index (χ3n) is 3.82. The number of benzene rings is 1. The average molecular weight is 312 g/mol. The van der Waals surface area contributed by atoms with Crippen molar-refractivity contribution in [2.24, 2.45) is 14.1 Å². The van der Waals surface area contributed by atoms with Crippen molar-refractivity contribution in [3.8, 4) is 11.3 Å². The zero-order chi connectivity index (χ0) is 16.4. The number of nitrogens with one attached hydrogen (secondary N) is 1. The summed E-state index contributed by atoms with van der Waals surface area (Å²) in [6, 6.07) is 9.81. The Hall–Kier alpha value is -2.89. The molecule has 1 N–H and O–H groups in total. The molecule has 3 aromatic rings. The molecule has 6 heteroatoms. The number of carbonyl (C=O) groups excluding carboxylic acids is 1. The van der Waals surface area contributed by atoms with Gasteiger partial charge in [0.1, 0.15) is 17.3 Å². The molecule has 0 radical (unpaired) electrons. The molecule has 0 fully saturated rings. The summed E-state index contributed by atoms with van der Waals surface area (Å²) < 4.78 is 16.7. The van der Waals surface area contributed by atoms with E-state index in [1.807, 2.05) is 30.9 Å². The molecule has 1 amide bonds. The molecule has 3 rings (SSSR count). The van der Waals surface area contributed by atoms with Crippen LogP contribution in [0, 0.1) is 5.82 Å². The first-order valence-corrected chi connectivity index (χ1v) is 7.22. The monoisotopic (exact) mass is 312 g/mol. The Labute approximate surface area is 133 Å². The van der Waals surface area contributed by atoms with Crippen LogP contribution in [-0.2, 0) is 20.6 Å². The molecule has 0 atom stereocenters. The summed E-state index contributed by atoms with van der Waals surface area (Å²) in [5, 5.41) is 2.85. The van der Waals surface area contributed by atoms with Crippen LogP contribution in [0.1, 0.15) is 16.3 Å². The Morgan fingerprint density at radius 2 is 1.91 bits per heavy atom. The minimum absolute atomic E-state index is 0.177. The van der Waals surface area contributed by atoms with Crippen molar-refractivity contribution >= 4 is 5.91 Å². The standard InChI is InChI=1S/C17H17FN4O/c1-21-10-9-19-16(21)11-20-17(23)15-8-7-14(22(15)2)12-3-5-13(18)6-4-12/h3-10H,11H2,1-2H3,(H,20,23). The molecule has 0 unspecified atom stereocenters. The van der Waals surface area contributed by atoms with Crippen molar-refractivity contribution in [1.82, 2.24) is 19.4 Å². The number of halogens is 1. The summed E-state index contributed by atoms with van der Waals surface area (Å²) >= 11 is 0. The Morgan fingerprint density at radius 3 is 2.57 bits per heavy atom. The zero-order valence-corrected chi connectivity index (χ0v) is 13.0. The van der Waals surface area contributed by atoms with E-state index in [2.05, 4.69) is 10.3 Å². The Kier molecular flexibility index (Phi) is 3.97. The maximum Gasteiger partial charge on any atom is 0.268 e. The summed E-state index contributed by atoms with van der Waals surface area (Å²) in [5.41, 5.74) is 2.25. The lowest BCUT2D eigenvalue weighted by molar-refractivity contribution is 0.0941. The first kappa shape index (κ1) is 15.0. The normalized spacial score (nSPS) is 10.7. The maximum atomic E-state index is 13.0. The number of carbonyl (C=O) groups is 1. The maximum absolute atomic E-state index is 13.0. The Balaban J connectivity index is 1.77. The van der Waals surface area contributed by atoms with E-state index in [1.54, 1.807) is 29.0 Å². The van der Waals surface area contributed by atoms with E-state index >= 15 is 0 Å². The topological polar surface area (TPSA) is 51.9 Å². The third kappa shape index (κ3) is 3.01. The molecule has 2 aromatic heterocycles. The highest BCUT2D eigenvalue weighted by Crippen LogP contribution is 2.21. The highest BCUT2D eigenvalue weighted by atomic mass is 19.1. The molecule has 0 aliphatic rings. The van der Waals surface area contributed by atoms with Gasteiger partial charge in [-0.05, 0) is 42.0 Å². The van der Waals surface area contributed by atoms with Crippen LogP contribution in [0.4, 0.5) is 4.39 Å². The van der Waals surface area contributed by atoms with E-state index in [4.69, 9.17) is 0 Å². The molecule has 0 saturated heterocycles. The van der Waals surface area contributed by atoms with Gasteiger partial charge in [-0.2, -0.15) is 0 Å². The van der Waals surface area contributed by atoms with Crippen LogP contribution >= 0.6 is 0 Å². The van der Waals surface area contributed by atoms with E-state index in [0.29, 0.717) is 12.2 Å². The highest BCUT2D eigenvalue weighted by Gasteiger charge is 2.14. The van der Waals surface area contributed by atoms with E-state index < -0.39 is 0 Å². The van der Waals surface area contributed by atoms with Gasteiger partial charge in [-0.15, -0.1) is 0 Å². The van der Waals surface area contributed by atoms with E-state index in [0.717, 1.165) is 17.1 Å². The first-order valence-electron chi connectivity index (χ1n) is 7.22. The van der Waals surface area contributed by atoms with Gasteiger partial charge in [-0.1, -0.05) is 0 Å². The lowest BCUT2D eigenvalue weighted by Crippen LogP contribution is -2.26. The molecular formula is C17H17FN4O. The second kappa shape index (κ2) is 6.08. The summed E-state index contributed by atoms with van der Waals surface area (Å²) in [6.45, 7) is 0.361. The number of hydrogen-bond donors (Lipinski definition) is 1. The van der Waals surface area contributed by atoms with E-state index in [9.17, 15) is 9.18 Å². The molecule has 23 heavy (non-hydrogen) atoms. The van der Waals surface area contributed by atoms with Gasteiger partial charge in [0.05, 0.1) is 6.54 Å². The van der Waals surface area contributed by atoms with Gasteiger partial charge in [0, 0.05) is 32.2 Å². The summed E-state index contributed by atoms with van der Waals surface area (Å²) in [4.78, 5) is 16.5. The quantitative estimate of drug-likeness (QED) is 0.805. The van der Waals surface area contributed by atoms with Gasteiger partial charge in [-0.25, -0.2) is 9.37 Å². The predicted octanol–water partition coefficient (Wildman–Crippen LogP) is 2.49. The first-order chi connectivity index (χ1) is 11.1. The van der Waals surface area contributed by atoms with Crippen molar-refractivity contribution in [3.63, 3.8) is 0 Å². The third-order valence-corrected chi connectivity index (χ3v) is 3.82. The van der Waals surface area contributed by atoms with Crippen molar-refractivity contribution in [2.45, 2.75) is 6.54 Å². The minimum Gasteiger partial charge on any atom is -0.344 e. The van der Waals surface area contributed by atoms with Crippen LogP contribution in [0.25, 0.3) is 11.3 Å². The largest absolute Gasteiger partial charge is 0.344 e. The van der Waals surface area contributed by atoms with Gasteiger partial charge in [-0.3, -0.25) is 4.79 Å². The number of aryl methyl sites for hydroxylation is 1. The summed E-state index contributed by atoms with van der Waals surface area (Å²) in [7, 11) is 3.69. The number of nitrogens with zero attached hydrogens (tertiary/aromatic N) is 3. The second-order valence-corrected chi connectivity index (χ2v) is 5.31. The van der Waals surface area contributed by atoms with Gasteiger partial charge >= 0.3 is 0 Å². The second-order valence-electron chi connectivity index (χ2n) is 5.31. The number of imidazole rings is 1. The molecule has 0 bridgehead atoms. The number of rotatable bonds is 4. The summed E-state index contributed by atoms with van der Waals surface area (Å²) in [5.74, 6) is 0.325. The van der Waals surface area contributed by atoms with Gasteiger partial charge in [0.2, 0.25) is 0 Å². The average Bonchev–Trinajstić information content (AvgIpc) is 3.12. The van der Waals surface area contributed by atoms with Crippen LogP contribution in [0.5, 0.6) is 0 Å². The molecular weight excluding hydrogens is 295 g/mol. The van der Waals surface area contributed by atoms with Crippen molar-refractivity contribution in [1.29, 1.82) is 0 Å². The van der Waals surface area contributed by atoms with Gasteiger partial charge in [0.15, 0.2) is 0 Å². The number of amides is 1. The van der Waals surface area contributed by atoms with Crippen molar-refractivity contribution < 1.29 is 9.18 Å². The van der Waals surface area contributed by atoms with Gasteiger partial charge < -0.3 is 14.5 Å². The highest BCUT2D eigenvalue weighted by molar-refractivity contribution is 5.93. The minimum atomic E-state index is -0.281. The number of hydrogen-bond acceptors (Lipinski definition) is 2. The molecule has 5 nitrogen and oxygen atoms in total. The van der Waals surface area contributed by atoms with E-state index in [-0.39, 0.29) is 11.7 Å². The van der Waals surface area contributed by atoms with Crippen molar-refractivity contribution in [3.05, 3.63) is 66.1 Å². The van der Waals surface area contributed by atoms with Crippen LogP contribution in [0.3, 0.4) is 0 Å². The van der Waals surface area contributed by atoms with Crippen LogP contribution in [0.2, 0.25) is 0 Å². The molecule has 2 heterocycles. The fourth-order valence-electron chi connectivity index (χ4n) is 2.47.